The van der Waals surface area contributed by atoms with Crippen molar-refractivity contribution in [3.63, 3.8) is 0 Å². The summed E-state index contributed by atoms with van der Waals surface area (Å²) in [4.78, 5) is 15.3. The van der Waals surface area contributed by atoms with Crippen molar-refractivity contribution in [2.45, 2.75) is 83.2 Å². The van der Waals surface area contributed by atoms with Crippen LogP contribution in [0.15, 0.2) is 18.2 Å². The number of halogens is 1. The van der Waals surface area contributed by atoms with E-state index in [2.05, 4.69) is 10.2 Å². The first kappa shape index (κ1) is 17.6. The molecule has 3 rings (SSSR count). The van der Waals surface area contributed by atoms with Gasteiger partial charge in [0.25, 0.3) is 0 Å². The standard InChI is InChI=1S/C20H29ClN2O/c1-15-12-13-16(21)14-19(15)22-20(24)23(17-8-4-2-5-9-17)18-10-6-3-7-11-18/h12-14,17-18H,2-11H2,1H3,(H,22,24). The van der Waals surface area contributed by atoms with E-state index in [1.807, 2.05) is 25.1 Å². The lowest BCUT2D eigenvalue weighted by molar-refractivity contribution is 0.114. The molecule has 1 aromatic rings. The molecule has 2 fully saturated rings. The Bertz CT molecular complexity index is 545. The third kappa shape index (κ3) is 4.24. The number of rotatable bonds is 3. The maximum Gasteiger partial charge on any atom is 0.322 e. The normalized spacial score (nSPS) is 19.9. The molecule has 0 heterocycles. The van der Waals surface area contributed by atoms with Gasteiger partial charge in [0.1, 0.15) is 0 Å². The van der Waals surface area contributed by atoms with Gasteiger partial charge in [0.05, 0.1) is 0 Å². The van der Waals surface area contributed by atoms with Crippen LogP contribution in [0, 0.1) is 6.92 Å². The van der Waals surface area contributed by atoms with Gasteiger partial charge in [0.15, 0.2) is 0 Å². The van der Waals surface area contributed by atoms with E-state index in [0.717, 1.165) is 36.9 Å². The number of amides is 2. The molecule has 2 amide bonds. The lowest BCUT2D eigenvalue weighted by atomic mass is 9.89. The van der Waals surface area contributed by atoms with Crippen molar-refractivity contribution < 1.29 is 4.79 Å². The van der Waals surface area contributed by atoms with Gasteiger partial charge in [-0.3, -0.25) is 0 Å². The second-order valence-electron chi connectivity index (χ2n) is 7.38. The minimum atomic E-state index is 0.0687. The summed E-state index contributed by atoms with van der Waals surface area (Å²) in [6.45, 7) is 2.01. The summed E-state index contributed by atoms with van der Waals surface area (Å²) in [5.41, 5.74) is 1.89. The largest absolute Gasteiger partial charge is 0.322 e. The fraction of sp³-hybridized carbons (Fsp3) is 0.650. The van der Waals surface area contributed by atoms with Crippen LogP contribution in [0.3, 0.4) is 0 Å². The third-order valence-electron chi connectivity index (χ3n) is 5.61. The Morgan fingerprint density at radius 3 is 2.08 bits per heavy atom. The van der Waals surface area contributed by atoms with Gasteiger partial charge < -0.3 is 10.2 Å². The van der Waals surface area contributed by atoms with Gasteiger partial charge in [-0.25, -0.2) is 4.79 Å². The van der Waals surface area contributed by atoms with Crippen molar-refractivity contribution in [2.75, 3.05) is 5.32 Å². The zero-order chi connectivity index (χ0) is 16.9. The molecule has 0 aromatic heterocycles. The molecule has 2 aliphatic carbocycles. The summed E-state index contributed by atoms with van der Waals surface area (Å²) >= 11 is 6.11. The van der Waals surface area contributed by atoms with E-state index in [-0.39, 0.29) is 6.03 Å². The molecule has 1 aromatic carbocycles. The smallest absolute Gasteiger partial charge is 0.319 e. The van der Waals surface area contributed by atoms with Gasteiger partial charge in [0, 0.05) is 22.8 Å². The van der Waals surface area contributed by atoms with Gasteiger partial charge in [-0.1, -0.05) is 56.2 Å². The Morgan fingerprint density at radius 2 is 1.54 bits per heavy atom. The highest BCUT2D eigenvalue weighted by atomic mass is 35.5. The molecular weight excluding hydrogens is 320 g/mol. The van der Waals surface area contributed by atoms with Gasteiger partial charge in [-0.15, -0.1) is 0 Å². The number of nitrogens with zero attached hydrogens (tertiary/aromatic N) is 1. The predicted molar refractivity (Wildman–Crippen MR) is 101 cm³/mol. The van der Waals surface area contributed by atoms with Crippen LogP contribution in [-0.4, -0.2) is 23.0 Å². The highest BCUT2D eigenvalue weighted by Gasteiger charge is 2.32. The molecule has 0 unspecified atom stereocenters. The number of benzene rings is 1. The second-order valence-corrected chi connectivity index (χ2v) is 7.82. The summed E-state index contributed by atoms with van der Waals surface area (Å²) < 4.78 is 0. The number of hydrogen-bond donors (Lipinski definition) is 1. The molecule has 0 atom stereocenters. The maximum atomic E-state index is 13.1. The van der Waals surface area contributed by atoms with Gasteiger partial charge in [-0.05, 0) is 50.3 Å². The number of urea groups is 1. The zero-order valence-corrected chi connectivity index (χ0v) is 15.4. The Balaban J connectivity index is 1.78. The van der Waals surface area contributed by atoms with Crippen molar-refractivity contribution >= 4 is 23.3 Å². The van der Waals surface area contributed by atoms with Gasteiger partial charge in [0.2, 0.25) is 0 Å². The van der Waals surface area contributed by atoms with E-state index in [9.17, 15) is 4.79 Å². The molecule has 0 bridgehead atoms. The molecule has 1 N–H and O–H groups in total. The van der Waals surface area contributed by atoms with Crippen LogP contribution < -0.4 is 5.32 Å². The minimum Gasteiger partial charge on any atom is -0.319 e. The van der Waals surface area contributed by atoms with Crippen LogP contribution in [-0.2, 0) is 0 Å². The number of aryl methyl sites for hydroxylation is 1. The van der Waals surface area contributed by atoms with Crippen LogP contribution in [0.25, 0.3) is 0 Å². The Morgan fingerprint density at radius 1 is 1.00 bits per heavy atom. The quantitative estimate of drug-likeness (QED) is 0.698. The molecule has 0 aliphatic heterocycles. The van der Waals surface area contributed by atoms with E-state index < -0.39 is 0 Å². The molecular formula is C20H29ClN2O. The zero-order valence-electron chi connectivity index (χ0n) is 14.7. The molecule has 132 valence electrons. The molecule has 2 saturated carbocycles. The van der Waals surface area contributed by atoms with Crippen molar-refractivity contribution in [1.82, 2.24) is 4.90 Å². The lowest BCUT2D eigenvalue weighted by Crippen LogP contribution is -2.50. The van der Waals surface area contributed by atoms with E-state index in [0.29, 0.717) is 17.1 Å². The summed E-state index contributed by atoms with van der Waals surface area (Å²) in [7, 11) is 0. The maximum absolute atomic E-state index is 13.1. The molecule has 3 nitrogen and oxygen atoms in total. The Hall–Kier alpha value is -1.22. The topological polar surface area (TPSA) is 32.3 Å². The number of anilines is 1. The number of carbonyl (C=O) groups excluding carboxylic acids is 1. The first-order chi connectivity index (χ1) is 11.6. The summed E-state index contributed by atoms with van der Waals surface area (Å²) in [5, 5.41) is 3.81. The number of carbonyl (C=O) groups is 1. The van der Waals surface area contributed by atoms with Crippen LogP contribution in [0.5, 0.6) is 0 Å². The van der Waals surface area contributed by atoms with Crippen molar-refractivity contribution in [2.24, 2.45) is 0 Å². The first-order valence-corrected chi connectivity index (χ1v) is 9.88. The van der Waals surface area contributed by atoms with E-state index in [1.54, 1.807) is 0 Å². The molecule has 0 saturated heterocycles. The van der Waals surface area contributed by atoms with E-state index in [1.165, 1.54) is 38.5 Å². The van der Waals surface area contributed by atoms with Gasteiger partial charge in [-0.2, -0.15) is 0 Å². The summed E-state index contributed by atoms with van der Waals surface area (Å²) in [6, 6.07) is 6.56. The minimum absolute atomic E-state index is 0.0687. The van der Waals surface area contributed by atoms with Crippen LogP contribution >= 0.6 is 11.6 Å². The van der Waals surface area contributed by atoms with Crippen molar-refractivity contribution in [3.8, 4) is 0 Å². The average Bonchev–Trinajstić information content (AvgIpc) is 2.60. The fourth-order valence-electron chi connectivity index (χ4n) is 4.26. The molecule has 4 heteroatoms. The third-order valence-corrected chi connectivity index (χ3v) is 5.85. The van der Waals surface area contributed by atoms with Crippen molar-refractivity contribution in [3.05, 3.63) is 28.8 Å². The molecule has 24 heavy (non-hydrogen) atoms. The van der Waals surface area contributed by atoms with E-state index in [4.69, 9.17) is 11.6 Å². The number of nitrogens with one attached hydrogen (secondary N) is 1. The molecule has 0 spiro atoms. The fourth-order valence-corrected chi connectivity index (χ4v) is 4.43. The molecule has 0 radical (unpaired) electrons. The van der Waals surface area contributed by atoms with Crippen LogP contribution in [0.2, 0.25) is 5.02 Å². The number of hydrogen-bond acceptors (Lipinski definition) is 1. The molecule has 2 aliphatic rings. The van der Waals surface area contributed by atoms with Crippen LogP contribution in [0.4, 0.5) is 10.5 Å². The first-order valence-electron chi connectivity index (χ1n) is 9.50. The average molecular weight is 349 g/mol. The highest BCUT2D eigenvalue weighted by Crippen LogP contribution is 2.31. The summed E-state index contributed by atoms with van der Waals surface area (Å²) in [6.07, 6.45) is 12.2. The lowest BCUT2D eigenvalue weighted by Gasteiger charge is -2.41. The highest BCUT2D eigenvalue weighted by molar-refractivity contribution is 6.31. The Labute approximate surface area is 150 Å². The Kier molecular flexibility index (Phi) is 6.04. The van der Waals surface area contributed by atoms with E-state index >= 15 is 0 Å². The SMILES string of the molecule is Cc1ccc(Cl)cc1NC(=O)N(C1CCCCC1)C1CCCCC1. The van der Waals surface area contributed by atoms with Gasteiger partial charge >= 0.3 is 6.03 Å². The summed E-state index contributed by atoms with van der Waals surface area (Å²) in [5.74, 6) is 0. The predicted octanol–water partition coefficient (Wildman–Crippen LogP) is 6.15. The second kappa shape index (κ2) is 8.24. The van der Waals surface area contributed by atoms with Crippen molar-refractivity contribution in [1.29, 1.82) is 0 Å². The van der Waals surface area contributed by atoms with Crippen LogP contribution in [0.1, 0.15) is 69.8 Å². The monoisotopic (exact) mass is 348 g/mol.